The Morgan fingerprint density at radius 1 is 1.11 bits per heavy atom. The van der Waals surface area contributed by atoms with E-state index in [1.165, 1.54) is 58.2 Å². The second-order valence-corrected chi connectivity index (χ2v) is 6.52. The molecular formula is C15H28N2O. The summed E-state index contributed by atoms with van der Waals surface area (Å²) in [6, 6.07) is 1.58. The lowest BCUT2D eigenvalue weighted by molar-refractivity contribution is -0.0231. The second kappa shape index (κ2) is 5.89. The monoisotopic (exact) mass is 252 g/mol. The number of likely N-dealkylation sites (tertiary alicyclic amines) is 1. The molecule has 0 radical (unpaired) electrons. The summed E-state index contributed by atoms with van der Waals surface area (Å²) < 4.78 is 5.65. The summed E-state index contributed by atoms with van der Waals surface area (Å²) in [6.45, 7) is 7.04. The van der Waals surface area contributed by atoms with Crippen molar-refractivity contribution in [3.63, 3.8) is 0 Å². The number of piperidine rings is 1. The standard InChI is InChI=1S/C15H28N2O/c1-12-10-15(6-9-18-12)17-7-4-14(5-8-17)16-11-13-2-3-13/h12-16H,2-11H2,1H3. The topological polar surface area (TPSA) is 24.5 Å². The van der Waals surface area contributed by atoms with E-state index in [9.17, 15) is 0 Å². The van der Waals surface area contributed by atoms with Crippen molar-refractivity contribution in [2.45, 2.75) is 63.6 Å². The van der Waals surface area contributed by atoms with Crippen LogP contribution in [0.1, 0.15) is 45.4 Å². The van der Waals surface area contributed by atoms with Gasteiger partial charge in [-0.15, -0.1) is 0 Å². The highest BCUT2D eigenvalue weighted by Crippen LogP contribution is 2.28. The van der Waals surface area contributed by atoms with Crippen LogP contribution in [0.5, 0.6) is 0 Å². The third kappa shape index (κ3) is 3.46. The number of rotatable bonds is 4. The summed E-state index contributed by atoms with van der Waals surface area (Å²) in [6.07, 6.45) is 8.56. The minimum absolute atomic E-state index is 0.467. The van der Waals surface area contributed by atoms with Crippen molar-refractivity contribution in [3.8, 4) is 0 Å². The van der Waals surface area contributed by atoms with Crippen LogP contribution >= 0.6 is 0 Å². The molecule has 2 heterocycles. The first kappa shape index (κ1) is 12.9. The SMILES string of the molecule is CC1CC(N2CCC(NCC3CC3)CC2)CCO1. The average Bonchev–Trinajstić information content (AvgIpc) is 3.21. The van der Waals surface area contributed by atoms with Crippen molar-refractivity contribution < 1.29 is 4.74 Å². The lowest BCUT2D eigenvalue weighted by Crippen LogP contribution is -2.49. The van der Waals surface area contributed by atoms with Crippen LogP contribution in [0.4, 0.5) is 0 Å². The fourth-order valence-electron chi connectivity index (χ4n) is 3.43. The molecular weight excluding hydrogens is 224 g/mol. The van der Waals surface area contributed by atoms with E-state index in [-0.39, 0.29) is 0 Å². The molecule has 3 fully saturated rings. The third-order valence-electron chi connectivity index (χ3n) is 4.90. The van der Waals surface area contributed by atoms with Gasteiger partial charge in [0.1, 0.15) is 0 Å². The van der Waals surface area contributed by atoms with Crippen LogP contribution in [0.15, 0.2) is 0 Å². The van der Waals surface area contributed by atoms with Gasteiger partial charge in [-0.3, -0.25) is 0 Å². The average molecular weight is 252 g/mol. The van der Waals surface area contributed by atoms with Gasteiger partial charge in [-0.25, -0.2) is 0 Å². The van der Waals surface area contributed by atoms with Gasteiger partial charge in [-0.1, -0.05) is 0 Å². The van der Waals surface area contributed by atoms with Crippen molar-refractivity contribution >= 4 is 0 Å². The van der Waals surface area contributed by atoms with Crippen LogP contribution in [0, 0.1) is 5.92 Å². The van der Waals surface area contributed by atoms with E-state index >= 15 is 0 Å². The largest absolute Gasteiger partial charge is 0.378 e. The van der Waals surface area contributed by atoms with E-state index in [1.54, 1.807) is 0 Å². The molecule has 0 aromatic rings. The van der Waals surface area contributed by atoms with Crippen molar-refractivity contribution in [2.75, 3.05) is 26.2 Å². The van der Waals surface area contributed by atoms with E-state index in [1.807, 2.05) is 0 Å². The van der Waals surface area contributed by atoms with Crippen LogP contribution in [0.2, 0.25) is 0 Å². The van der Waals surface area contributed by atoms with E-state index in [0.717, 1.165) is 24.6 Å². The van der Waals surface area contributed by atoms with E-state index in [0.29, 0.717) is 6.10 Å². The number of nitrogens with one attached hydrogen (secondary N) is 1. The van der Waals surface area contributed by atoms with Gasteiger partial charge in [0.15, 0.2) is 0 Å². The summed E-state index contributed by atoms with van der Waals surface area (Å²) in [7, 11) is 0. The molecule has 1 N–H and O–H groups in total. The predicted octanol–water partition coefficient (Wildman–Crippen LogP) is 2.02. The summed E-state index contributed by atoms with van der Waals surface area (Å²) >= 11 is 0. The van der Waals surface area contributed by atoms with Crippen molar-refractivity contribution in [1.29, 1.82) is 0 Å². The molecule has 0 amide bonds. The Balaban J connectivity index is 1.38. The molecule has 1 aliphatic carbocycles. The summed E-state index contributed by atoms with van der Waals surface area (Å²) in [4.78, 5) is 2.72. The molecule has 0 aromatic heterocycles. The molecule has 3 heteroatoms. The minimum Gasteiger partial charge on any atom is -0.378 e. The maximum Gasteiger partial charge on any atom is 0.0561 e. The highest BCUT2D eigenvalue weighted by molar-refractivity contribution is 4.85. The Morgan fingerprint density at radius 3 is 2.56 bits per heavy atom. The Kier molecular flexibility index (Phi) is 4.22. The van der Waals surface area contributed by atoms with Gasteiger partial charge >= 0.3 is 0 Å². The summed E-state index contributed by atoms with van der Waals surface area (Å²) in [5, 5.41) is 3.76. The fourth-order valence-corrected chi connectivity index (χ4v) is 3.43. The zero-order chi connectivity index (χ0) is 12.4. The van der Waals surface area contributed by atoms with Gasteiger partial charge in [-0.05, 0) is 71.0 Å². The molecule has 1 saturated carbocycles. The lowest BCUT2D eigenvalue weighted by Gasteiger charge is -2.41. The Hall–Kier alpha value is -0.120. The number of hydrogen-bond donors (Lipinski definition) is 1. The molecule has 2 aliphatic heterocycles. The Morgan fingerprint density at radius 2 is 1.89 bits per heavy atom. The molecule has 2 atom stereocenters. The van der Waals surface area contributed by atoms with Gasteiger partial charge in [0.05, 0.1) is 6.10 Å². The van der Waals surface area contributed by atoms with Crippen LogP contribution in [-0.2, 0) is 4.74 Å². The van der Waals surface area contributed by atoms with Crippen LogP contribution < -0.4 is 5.32 Å². The number of ether oxygens (including phenoxy) is 1. The first-order valence-corrected chi connectivity index (χ1v) is 7.90. The van der Waals surface area contributed by atoms with E-state index < -0.39 is 0 Å². The van der Waals surface area contributed by atoms with Crippen molar-refractivity contribution in [3.05, 3.63) is 0 Å². The predicted molar refractivity (Wildman–Crippen MR) is 73.8 cm³/mol. The van der Waals surface area contributed by atoms with Crippen LogP contribution in [0.25, 0.3) is 0 Å². The van der Waals surface area contributed by atoms with Gasteiger partial charge in [0, 0.05) is 18.7 Å². The first-order chi connectivity index (χ1) is 8.81. The van der Waals surface area contributed by atoms with Gasteiger partial charge in [0.25, 0.3) is 0 Å². The smallest absolute Gasteiger partial charge is 0.0561 e. The second-order valence-electron chi connectivity index (χ2n) is 6.52. The zero-order valence-corrected chi connectivity index (χ0v) is 11.7. The lowest BCUT2D eigenvalue weighted by atomic mass is 9.97. The number of hydrogen-bond acceptors (Lipinski definition) is 3. The molecule has 2 unspecified atom stereocenters. The minimum atomic E-state index is 0.467. The zero-order valence-electron chi connectivity index (χ0n) is 11.7. The maximum absolute atomic E-state index is 5.65. The molecule has 0 aromatic carbocycles. The van der Waals surface area contributed by atoms with E-state index in [4.69, 9.17) is 4.74 Å². The maximum atomic E-state index is 5.65. The normalized spacial score (nSPS) is 35.8. The highest BCUT2D eigenvalue weighted by atomic mass is 16.5. The fraction of sp³-hybridized carbons (Fsp3) is 1.00. The van der Waals surface area contributed by atoms with E-state index in [2.05, 4.69) is 17.1 Å². The molecule has 3 aliphatic rings. The molecule has 3 nitrogen and oxygen atoms in total. The molecule has 0 bridgehead atoms. The summed E-state index contributed by atoms with van der Waals surface area (Å²) in [5.41, 5.74) is 0. The molecule has 104 valence electrons. The Labute approximate surface area is 111 Å². The van der Waals surface area contributed by atoms with Crippen molar-refractivity contribution in [2.24, 2.45) is 5.92 Å². The van der Waals surface area contributed by atoms with Crippen LogP contribution in [0.3, 0.4) is 0 Å². The van der Waals surface area contributed by atoms with Crippen LogP contribution in [-0.4, -0.2) is 49.3 Å². The van der Waals surface area contributed by atoms with Gasteiger partial charge in [0.2, 0.25) is 0 Å². The first-order valence-electron chi connectivity index (χ1n) is 7.90. The third-order valence-corrected chi connectivity index (χ3v) is 4.90. The molecule has 3 rings (SSSR count). The molecule has 0 spiro atoms. The van der Waals surface area contributed by atoms with Crippen molar-refractivity contribution in [1.82, 2.24) is 10.2 Å². The molecule has 2 saturated heterocycles. The molecule has 18 heavy (non-hydrogen) atoms. The summed E-state index contributed by atoms with van der Waals surface area (Å²) in [5.74, 6) is 1.01. The van der Waals surface area contributed by atoms with Gasteiger partial charge < -0.3 is 15.0 Å². The number of nitrogens with zero attached hydrogens (tertiary/aromatic N) is 1. The Bertz CT molecular complexity index is 259. The quantitative estimate of drug-likeness (QED) is 0.828. The van der Waals surface area contributed by atoms with Gasteiger partial charge in [-0.2, -0.15) is 0 Å². The highest BCUT2D eigenvalue weighted by Gasteiger charge is 2.29.